The van der Waals surface area contributed by atoms with Gasteiger partial charge in [0, 0.05) is 12.1 Å². The molecule has 0 spiro atoms. The molecule has 2 fully saturated rings. The van der Waals surface area contributed by atoms with Crippen LogP contribution in [0.3, 0.4) is 0 Å². The molecule has 1 saturated heterocycles. The van der Waals surface area contributed by atoms with Crippen molar-refractivity contribution in [3.63, 3.8) is 0 Å². The number of aliphatic hydroxyl groups is 3. The molecule has 0 aromatic heterocycles. The maximum Gasteiger partial charge on any atom is 0.215 e. The fourth-order valence-electron chi connectivity index (χ4n) is 4.44. The normalized spacial score (nSPS) is 48.7. The zero-order valence-corrected chi connectivity index (χ0v) is 18.0. The second kappa shape index (κ2) is 9.93. The summed E-state index contributed by atoms with van der Waals surface area (Å²) < 4.78 is 23.1. The topological polar surface area (TPSA) is 214 Å². The van der Waals surface area contributed by atoms with Gasteiger partial charge in [0.05, 0.1) is 25.2 Å². The molecule has 180 valence electrons. The highest BCUT2D eigenvalue weighted by molar-refractivity contribution is 5.04. The molecule has 3 aliphatic rings. The fourth-order valence-corrected chi connectivity index (χ4v) is 4.44. The molecular formula is C19H37N5O7. The van der Waals surface area contributed by atoms with Gasteiger partial charge in [0.2, 0.25) is 6.29 Å². The first-order valence-corrected chi connectivity index (χ1v) is 10.6. The predicted octanol–water partition coefficient (Wildman–Crippen LogP) is -3.85. The molecule has 0 aromatic carbocycles. The lowest BCUT2D eigenvalue weighted by Gasteiger charge is -2.48. The monoisotopic (exact) mass is 447 g/mol. The van der Waals surface area contributed by atoms with E-state index in [9.17, 15) is 15.3 Å². The van der Waals surface area contributed by atoms with Crippen LogP contribution in [0.2, 0.25) is 0 Å². The molecule has 2 heterocycles. The third-order valence-corrected chi connectivity index (χ3v) is 6.22. The van der Waals surface area contributed by atoms with Crippen LogP contribution in [0, 0.1) is 0 Å². The number of ether oxygens (including phenoxy) is 4. The molecule has 1 aliphatic carbocycles. The Morgan fingerprint density at radius 2 is 1.71 bits per heavy atom. The Morgan fingerprint density at radius 1 is 1.10 bits per heavy atom. The highest BCUT2D eigenvalue weighted by Gasteiger charge is 2.50. The summed E-state index contributed by atoms with van der Waals surface area (Å²) in [5, 5.41) is 34.9. The van der Waals surface area contributed by atoms with E-state index in [-0.39, 0.29) is 13.2 Å². The first-order valence-electron chi connectivity index (χ1n) is 10.6. The first kappa shape index (κ1) is 24.7. The van der Waals surface area contributed by atoms with E-state index in [1.165, 1.54) is 0 Å². The Kier molecular flexibility index (Phi) is 7.92. The van der Waals surface area contributed by atoms with E-state index >= 15 is 0 Å². The molecule has 1 saturated carbocycles. The van der Waals surface area contributed by atoms with Gasteiger partial charge in [-0.2, -0.15) is 0 Å². The maximum absolute atomic E-state index is 11.0. The minimum Gasteiger partial charge on any atom is -0.467 e. The lowest BCUT2D eigenvalue weighted by molar-refractivity contribution is -0.303. The van der Waals surface area contributed by atoms with Crippen LogP contribution < -0.4 is 28.3 Å². The van der Waals surface area contributed by atoms with Crippen molar-refractivity contribution < 1.29 is 34.3 Å². The van der Waals surface area contributed by atoms with Gasteiger partial charge in [-0.3, -0.25) is 0 Å². The summed E-state index contributed by atoms with van der Waals surface area (Å²) in [5.41, 5.74) is 22.9. The fraction of sp³-hybridized carbons (Fsp3) is 0.895. The lowest BCUT2D eigenvalue weighted by atomic mass is 9.84. The molecule has 0 radical (unpaired) electrons. The van der Waals surface area contributed by atoms with Crippen molar-refractivity contribution in [2.75, 3.05) is 20.2 Å². The molecule has 12 N–H and O–H groups in total. The van der Waals surface area contributed by atoms with Crippen LogP contribution in [0.15, 0.2) is 11.8 Å². The van der Waals surface area contributed by atoms with Crippen molar-refractivity contribution in [1.29, 1.82) is 0 Å². The SMILES string of the molecule is CN[C@@H]1[C@H](O)[C@H](O[C@@H]2[C@@H](O)[C@@H](O[C@H]3OC(CN)=CC[C@@H]3N)[C@@H](N)C[C@@H]2N)OC[C@]1(C)O. The van der Waals surface area contributed by atoms with Crippen molar-refractivity contribution in [3.8, 4) is 0 Å². The van der Waals surface area contributed by atoms with Gasteiger partial charge in [-0.25, -0.2) is 0 Å². The lowest BCUT2D eigenvalue weighted by Crippen LogP contribution is -2.68. The van der Waals surface area contributed by atoms with Gasteiger partial charge >= 0.3 is 0 Å². The van der Waals surface area contributed by atoms with E-state index in [0.717, 1.165) is 0 Å². The van der Waals surface area contributed by atoms with Crippen LogP contribution >= 0.6 is 0 Å². The predicted molar refractivity (Wildman–Crippen MR) is 110 cm³/mol. The van der Waals surface area contributed by atoms with Crippen molar-refractivity contribution in [3.05, 3.63) is 11.8 Å². The molecular weight excluding hydrogens is 410 g/mol. The van der Waals surface area contributed by atoms with Crippen LogP contribution in [-0.4, -0.2) is 102 Å². The molecule has 0 bridgehead atoms. The Morgan fingerprint density at radius 3 is 2.29 bits per heavy atom. The standard InChI is InChI=1S/C19H37N5O7/c1-19(27)7-28-18(13(26)16(19)24-2)31-15-11(23)5-10(22)14(12(15)25)30-17-9(21)4-3-8(6-20)29-17/h3,9-18,24-27H,4-7,20-23H2,1-2H3/t9-,10-,11-,12-,13-,14-,15-,16+,17+,18-,19-/m0/s1. The molecule has 0 amide bonds. The van der Waals surface area contributed by atoms with Crippen LogP contribution in [0.4, 0.5) is 0 Å². The number of aliphatic hydroxyl groups excluding tert-OH is 2. The first-order chi connectivity index (χ1) is 14.6. The van der Waals surface area contributed by atoms with E-state index in [1.54, 1.807) is 20.0 Å². The quantitative estimate of drug-likeness (QED) is 0.196. The van der Waals surface area contributed by atoms with Gasteiger partial charge < -0.3 is 62.5 Å². The average molecular weight is 448 g/mol. The molecule has 0 aromatic rings. The summed E-state index contributed by atoms with van der Waals surface area (Å²) >= 11 is 0. The van der Waals surface area contributed by atoms with E-state index in [0.29, 0.717) is 18.6 Å². The maximum atomic E-state index is 11.0. The molecule has 11 atom stereocenters. The summed E-state index contributed by atoms with van der Waals surface area (Å²) in [6.45, 7) is 1.68. The van der Waals surface area contributed by atoms with Gasteiger partial charge in [0.25, 0.3) is 0 Å². The van der Waals surface area contributed by atoms with Gasteiger partial charge in [0.15, 0.2) is 6.29 Å². The highest BCUT2D eigenvalue weighted by atomic mass is 16.7. The van der Waals surface area contributed by atoms with Crippen molar-refractivity contribution in [2.24, 2.45) is 22.9 Å². The number of nitrogens with one attached hydrogen (secondary N) is 1. The molecule has 12 heteroatoms. The third-order valence-electron chi connectivity index (χ3n) is 6.22. The number of hydrogen-bond acceptors (Lipinski definition) is 12. The Balaban J connectivity index is 1.69. The van der Waals surface area contributed by atoms with Crippen molar-refractivity contribution >= 4 is 0 Å². The van der Waals surface area contributed by atoms with Crippen LogP contribution in [0.5, 0.6) is 0 Å². The Labute approximate surface area is 181 Å². The number of nitrogens with two attached hydrogens (primary N) is 4. The van der Waals surface area contributed by atoms with Gasteiger partial charge in [0.1, 0.15) is 35.8 Å². The van der Waals surface area contributed by atoms with E-state index in [1.807, 2.05) is 0 Å². The third kappa shape index (κ3) is 5.20. The second-order valence-electron chi connectivity index (χ2n) is 8.81. The van der Waals surface area contributed by atoms with E-state index < -0.39 is 66.8 Å². The molecule has 3 rings (SSSR count). The van der Waals surface area contributed by atoms with Gasteiger partial charge in [-0.15, -0.1) is 0 Å². The van der Waals surface area contributed by atoms with Crippen LogP contribution in [0.25, 0.3) is 0 Å². The zero-order chi connectivity index (χ0) is 22.9. The molecule has 12 nitrogen and oxygen atoms in total. The Hall–Kier alpha value is -0.900. The average Bonchev–Trinajstić information content (AvgIpc) is 2.71. The van der Waals surface area contributed by atoms with Gasteiger partial charge in [-0.05, 0) is 32.9 Å². The second-order valence-corrected chi connectivity index (χ2v) is 8.81. The summed E-state index contributed by atoms with van der Waals surface area (Å²) in [4.78, 5) is 0. The number of hydrogen-bond donors (Lipinski definition) is 8. The smallest absolute Gasteiger partial charge is 0.215 e. The highest BCUT2D eigenvalue weighted by Crippen LogP contribution is 2.31. The number of rotatable bonds is 6. The zero-order valence-electron chi connectivity index (χ0n) is 18.0. The van der Waals surface area contributed by atoms with Crippen molar-refractivity contribution in [2.45, 2.75) is 86.5 Å². The van der Waals surface area contributed by atoms with Crippen LogP contribution in [-0.2, 0) is 18.9 Å². The summed E-state index contributed by atoms with van der Waals surface area (Å²) in [6, 6.07) is -2.37. The van der Waals surface area contributed by atoms with E-state index in [4.69, 9.17) is 41.9 Å². The van der Waals surface area contributed by atoms with E-state index in [2.05, 4.69) is 5.32 Å². The van der Waals surface area contributed by atoms with Crippen LogP contribution in [0.1, 0.15) is 19.8 Å². The van der Waals surface area contributed by atoms with Crippen molar-refractivity contribution in [1.82, 2.24) is 5.32 Å². The number of likely N-dealkylation sites (N-methyl/N-ethyl adjacent to an activating group) is 1. The molecule has 31 heavy (non-hydrogen) atoms. The summed E-state index contributed by atoms with van der Waals surface area (Å²) in [6.07, 6.45) is -3.56. The summed E-state index contributed by atoms with van der Waals surface area (Å²) in [7, 11) is 1.62. The summed E-state index contributed by atoms with van der Waals surface area (Å²) in [5.74, 6) is 0.555. The largest absolute Gasteiger partial charge is 0.467 e. The Bertz CT molecular complexity index is 639. The minimum absolute atomic E-state index is 0.0727. The molecule has 0 unspecified atom stereocenters. The minimum atomic E-state index is -1.29. The molecule has 2 aliphatic heterocycles. The van der Waals surface area contributed by atoms with Gasteiger partial charge in [-0.1, -0.05) is 0 Å².